The molecule has 116 valence electrons. The van der Waals surface area contributed by atoms with Gasteiger partial charge < -0.3 is 15.1 Å². The smallest absolute Gasteiger partial charge is 0.332 e. The minimum atomic E-state index is -0.386. The van der Waals surface area contributed by atoms with E-state index < -0.39 is 0 Å². The van der Waals surface area contributed by atoms with Crippen LogP contribution in [0.4, 0.5) is 17.5 Å². The van der Waals surface area contributed by atoms with Gasteiger partial charge in [0.05, 0.1) is 4.92 Å². The van der Waals surface area contributed by atoms with Gasteiger partial charge in [-0.25, -0.2) is 4.98 Å². The van der Waals surface area contributed by atoms with Crippen LogP contribution in [0.5, 0.6) is 0 Å². The van der Waals surface area contributed by atoms with E-state index in [4.69, 9.17) is 0 Å². The van der Waals surface area contributed by atoms with Crippen molar-refractivity contribution in [2.75, 3.05) is 44.4 Å². The van der Waals surface area contributed by atoms with Crippen LogP contribution in [0.2, 0.25) is 0 Å². The van der Waals surface area contributed by atoms with Crippen molar-refractivity contribution in [2.45, 2.75) is 25.8 Å². The number of nitrogens with zero attached hydrogens (tertiary/aromatic N) is 5. The molecule has 0 aliphatic carbocycles. The molecule has 1 aromatic rings. The van der Waals surface area contributed by atoms with Gasteiger partial charge in [-0.15, -0.1) is 0 Å². The number of rotatable bonds is 4. The fourth-order valence-corrected chi connectivity index (χ4v) is 2.67. The van der Waals surface area contributed by atoms with Crippen LogP contribution in [0.3, 0.4) is 0 Å². The normalized spacial score (nSPS) is 18.9. The molecule has 21 heavy (non-hydrogen) atoms. The highest BCUT2D eigenvalue weighted by Crippen LogP contribution is 2.32. The standard InChI is InChI=1S/C13H22N6O2/c1-9-11(19(20)21)12(16-13(14-2)15-9)18-7-5-6-10(8-18)17(3)4/h10H,5-8H2,1-4H3,(H,14,15,16). The van der Waals surface area contributed by atoms with Crippen LogP contribution in [0.25, 0.3) is 0 Å². The summed E-state index contributed by atoms with van der Waals surface area (Å²) < 4.78 is 0. The first kappa shape index (κ1) is 15.4. The molecule has 0 spiro atoms. The van der Waals surface area contributed by atoms with Crippen molar-refractivity contribution in [1.29, 1.82) is 0 Å². The highest BCUT2D eigenvalue weighted by Gasteiger charge is 2.30. The van der Waals surface area contributed by atoms with Crippen molar-refractivity contribution < 1.29 is 4.92 Å². The zero-order valence-corrected chi connectivity index (χ0v) is 13.0. The van der Waals surface area contributed by atoms with E-state index >= 15 is 0 Å². The molecule has 0 amide bonds. The van der Waals surface area contributed by atoms with E-state index in [0.717, 1.165) is 25.9 Å². The maximum Gasteiger partial charge on any atom is 0.332 e. The number of nitrogens with one attached hydrogen (secondary N) is 1. The zero-order chi connectivity index (χ0) is 15.6. The first-order chi connectivity index (χ1) is 9.93. The number of likely N-dealkylation sites (N-methyl/N-ethyl adjacent to an activating group) is 1. The average Bonchev–Trinajstić information content (AvgIpc) is 2.45. The van der Waals surface area contributed by atoms with E-state index in [9.17, 15) is 10.1 Å². The number of aromatic nitrogens is 2. The van der Waals surface area contributed by atoms with Crippen molar-refractivity contribution in [3.05, 3.63) is 15.8 Å². The molecule has 8 nitrogen and oxygen atoms in total. The lowest BCUT2D eigenvalue weighted by Gasteiger charge is -2.36. The van der Waals surface area contributed by atoms with Gasteiger partial charge in [0, 0.05) is 26.2 Å². The molecule has 0 saturated carbocycles. The predicted octanol–water partition coefficient (Wildman–Crippen LogP) is 1.27. The Kier molecular flexibility index (Phi) is 4.56. The van der Waals surface area contributed by atoms with Gasteiger partial charge in [0.25, 0.3) is 0 Å². The van der Waals surface area contributed by atoms with Crippen LogP contribution in [0.15, 0.2) is 0 Å². The van der Waals surface area contributed by atoms with Gasteiger partial charge in [0.15, 0.2) is 0 Å². The van der Waals surface area contributed by atoms with Gasteiger partial charge in [-0.3, -0.25) is 10.1 Å². The lowest BCUT2D eigenvalue weighted by Crippen LogP contribution is -2.45. The molecule has 0 aromatic carbocycles. The quantitative estimate of drug-likeness (QED) is 0.660. The van der Waals surface area contributed by atoms with Crippen molar-refractivity contribution in [3.8, 4) is 0 Å². The number of hydrogen-bond donors (Lipinski definition) is 1. The minimum absolute atomic E-state index is 0.00778. The lowest BCUT2D eigenvalue weighted by atomic mass is 10.0. The van der Waals surface area contributed by atoms with E-state index in [2.05, 4.69) is 20.2 Å². The van der Waals surface area contributed by atoms with Crippen molar-refractivity contribution in [2.24, 2.45) is 0 Å². The SMILES string of the molecule is CNc1nc(C)c([N+](=O)[O-])c(N2CCCC(N(C)C)C2)n1. The molecule has 8 heteroatoms. The summed E-state index contributed by atoms with van der Waals surface area (Å²) in [6.07, 6.45) is 2.10. The molecule has 2 rings (SSSR count). The molecule has 1 aliphatic heterocycles. The molecular formula is C13H22N6O2. The highest BCUT2D eigenvalue weighted by molar-refractivity contribution is 5.62. The third-order valence-electron chi connectivity index (χ3n) is 3.87. The predicted molar refractivity (Wildman–Crippen MR) is 81.9 cm³/mol. The Morgan fingerprint density at radius 1 is 1.43 bits per heavy atom. The Bertz CT molecular complexity index is 534. The maximum absolute atomic E-state index is 11.4. The summed E-state index contributed by atoms with van der Waals surface area (Å²) in [5, 5.41) is 14.2. The van der Waals surface area contributed by atoms with Gasteiger partial charge in [-0.05, 0) is 33.9 Å². The summed E-state index contributed by atoms with van der Waals surface area (Å²) >= 11 is 0. The second kappa shape index (κ2) is 6.21. The lowest BCUT2D eigenvalue weighted by molar-refractivity contribution is -0.385. The van der Waals surface area contributed by atoms with Crippen molar-refractivity contribution in [3.63, 3.8) is 0 Å². The largest absolute Gasteiger partial charge is 0.357 e. The van der Waals surface area contributed by atoms with Crippen molar-refractivity contribution >= 4 is 17.5 Å². The van der Waals surface area contributed by atoms with Gasteiger partial charge >= 0.3 is 5.69 Å². The van der Waals surface area contributed by atoms with Gasteiger partial charge in [-0.2, -0.15) is 4.98 Å². The number of anilines is 2. The Morgan fingerprint density at radius 2 is 2.14 bits per heavy atom. The van der Waals surface area contributed by atoms with Crippen LogP contribution in [0, 0.1) is 17.0 Å². The summed E-state index contributed by atoms with van der Waals surface area (Å²) in [7, 11) is 5.78. The van der Waals surface area contributed by atoms with E-state index in [-0.39, 0.29) is 10.6 Å². The fraction of sp³-hybridized carbons (Fsp3) is 0.692. The molecule has 2 heterocycles. The summed E-state index contributed by atoms with van der Waals surface area (Å²) in [5.74, 6) is 0.837. The van der Waals surface area contributed by atoms with E-state index in [1.54, 1.807) is 14.0 Å². The van der Waals surface area contributed by atoms with E-state index in [1.807, 2.05) is 19.0 Å². The maximum atomic E-state index is 11.4. The topological polar surface area (TPSA) is 87.4 Å². The molecule has 1 fully saturated rings. The number of nitro groups is 1. The second-order valence-electron chi connectivity index (χ2n) is 5.52. The first-order valence-electron chi connectivity index (χ1n) is 7.06. The van der Waals surface area contributed by atoms with Gasteiger partial charge in [-0.1, -0.05) is 0 Å². The summed E-state index contributed by atoms with van der Waals surface area (Å²) in [6.45, 7) is 3.18. The molecular weight excluding hydrogens is 272 g/mol. The zero-order valence-electron chi connectivity index (χ0n) is 13.0. The molecule has 0 radical (unpaired) electrons. The van der Waals surface area contributed by atoms with Crippen LogP contribution < -0.4 is 10.2 Å². The number of piperidine rings is 1. The number of aryl methyl sites for hydroxylation is 1. The van der Waals surface area contributed by atoms with Gasteiger partial charge in [0.1, 0.15) is 5.69 Å². The van der Waals surface area contributed by atoms with Crippen LogP contribution in [-0.2, 0) is 0 Å². The molecule has 1 N–H and O–H groups in total. The Hall–Kier alpha value is -1.96. The minimum Gasteiger partial charge on any atom is -0.357 e. The third kappa shape index (κ3) is 3.21. The van der Waals surface area contributed by atoms with Crippen LogP contribution in [0.1, 0.15) is 18.5 Å². The fourth-order valence-electron chi connectivity index (χ4n) is 2.67. The Balaban J connectivity index is 2.41. The molecule has 1 unspecified atom stereocenters. The van der Waals surface area contributed by atoms with Crippen LogP contribution >= 0.6 is 0 Å². The number of hydrogen-bond acceptors (Lipinski definition) is 7. The molecule has 1 aromatic heterocycles. The highest BCUT2D eigenvalue weighted by atomic mass is 16.6. The second-order valence-corrected chi connectivity index (χ2v) is 5.52. The molecule has 1 atom stereocenters. The summed E-state index contributed by atoms with van der Waals surface area (Å²) in [6, 6.07) is 0.381. The third-order valence-corrected chi connectivity index (χ3v) is 3.87. The summed E-state index contributed by atoms with van der Waals surface area (Å²) in [4.78, 5) is 23.6. The molecule has 1 saturated heterocycles. The summed E-state index contributed by atoms with van der Waals surface area (Å²) in [5.41, 5.74) is 0.398. The Morgan fingerprint density at radius 3 is 2.71 bits per heavy atom. The molecule has 1 aliphatic rings. The van der Waals surface area contributed by atoms with E-state index in [0.29, 0.717) is 23.5 Å². The first-order valence-corrected chi connectivity index (χ1v) is 7.06. The Labute approximate surface area is 124 Å². The monoisotopic (exact) mass is 294 g/mol. The molecule has 0 bridgehead atoms. The average molecular weight is 294 g/mol. The van der Waals surface area contributed by atoms with Crippen molar-refractivity contribution in [1.82, 2.24) is 14.9 Å². The van der Waals surface area contributed by atoms with Gasteiger partial charge in [0.2, 0.25) is 11.8 Å². The van der Waals surface area contributed by atoms with E-state index in [1.165, 1.54) is 0 Å². The van der Waals surface area contributed by atoms with Crippen LogP contribution in [-0.4, -0.2) is 60.1 Å².